The molecular formula is C14H20N4O2. The lowest BCUT2D eigenvalue weighted by molar-refractivity contribution is -0.384. The van der Waals surface area contributed by atoms with Gasteiger partial charge in [0.15, 0.2) is 0 Å². The Kier molecular flexibility index (Phi) is 5.06. The molecular weight excluding hydrogens is 256 g/mol. The zero-order chi connectivity index (χ0) is 15.3. The van der Waals surface area contributed by atoms with Crippen LogP contribution in [0.1, 0.15) is 19.4 Å². The fraction of sp³-hybridized carbons (Fsp3) is 0.500. The smallest absolute Gasteiger partial charge is 0.270 e. The molecule has 0 saturated carbocycles. The number of rotatable bonds is 6. The summed E-state index contributed by atoms with van der Waals surface area (Å²) >= 11 is 0. The first-order chi connectivity index (χ1) is 9.25. The van der Waals surface area contributed by atoms with Crippen molar-refractivity contribution in [3.8, 4) is 6.07 Å². The summed E-state index contributed by atoms with van der Waals surface area (Å²) in [6.45, 7) is 5.82. The molecule has 0 radical (unpaired) electrons. The molecule has 6 heteroatoms. The molecule has 0 heterocycles. The normalized spacial score (nSPS) is 11.2. The molecule has 0 aliphatic carbocycles. The molecule has 108 valence electrons. The lowest BCUT2D eigenvalue weighted by Crippen LogP contribution is -2.34. The van der Waals surface area contributed by atoms with E-state index in [1.165, 1.54) is 12.1 Å². The van der Waals surface area contributed by atoms with Gasteiger partial charge in [0.05, 0.1) is 16.2 Å². The minimum Gasteiger partial charge on any atom is -0.383 e. The van der Waals surface area contributed by atoms with E-state index in [-0.39, 0.29) is 11.1 Å². The number of nitriles is 1. The van der Waals surface area contributed by atoms with Gasteiger partial charge in [0.1, 0.15) is 6.07 Å². The van der Waals surface area contributed by atoms with E-state index in [0.29, 0.717) is 17.8 Å². The number of nitro benzene ring substituents is 1. The van der Waals surface area contributed by atoms with Crippen molar-refractivity contribution in [3.63, 3.8) is 0 Å². The Morgan fingerprint density at radius 3 is 2.60 bits per heavy atom. The summed E-state index contributed by atoms with van der Waals surface area (Å²) in [6, 6.07) is 6.27. The van der Waals surface area contributed by atoms with Crippen LogP contribution in [0.2, 0.25) is 0 Å². The lowest BCUT2D eigenvalue weighted by atomic mass is 9.92. The number of anilines is 1. The SMILES string of the molecule is CN(C)CC(C)(C)CNc1ccc([N+](=O)[O-])cc1C#N. The topological polar surface area (TPSA) is 82.2 Å². The Labute approximate surface area is 119 Å². The van der Waals surface area contributed by atoms with E-state index in [9.17, 15) is 10.1 Å². The Bertz CT molecular complexity index is 532. The van der Waals surface area contributed by atoms with Crippen LogP contribution in [0.4, 0.5) is 11.4 Å². The van der Waals surface area contributed by atoms with E-state index in [1.54, 1.807) is 6.07 Å². The molecule has 0 atom stereocenters. The highest BCUT2D eigenvalue weighted by Crippen LogP contribution is 2.23. The molecule has 0 aromatic heterocycles. The summed E-state index contributed by atoms with van der Waals surface area (Å²) in [7, 11) is 4.02. The molecule has 1 aromatic carbocycles. The monoisotopic (exact) mass is 276 g/mol. The fourth-order valence-corrected chi connectivity index (χ4v) is 2.14. The third-order valence-electron chi connectivity index (χ3n) is 2.84. The van der Waals surface area contributed by atoms with Crippen molar-refractivity contribution in [2.24, 2.45) is 5.41 Å². The second-order valence-electron chi connectivity index (χ2n) is 5.85. The third-order valence-corrected chi connectivity index (χ3v) is 2.84. The van der Waals surface area contributed by atoms with Gasteiger partial charge in [0, 0.05) is 25.2 Å². The summed E-state index contributed by atoms with van der Waals surface area (Å²) in [5.41, 5.74) is 0.877. The number of benzene rings is 1. The molecule has 0 aliphatic heterocycles. The van der Waals surface area contributed by atoms with Crippen LogP contribution in [0, 0.1) is 26.9 Å². The standard InChI is InChI=1S/C14H20N4O2/c1-14(2,10-17(3)4)9-16-13-6-5-12(18(19)20)7-11(13)8-15/h5-7,16H,9-10H2,1-4H3. The zero-order valence-electron chi connectivity index (χ0n) is 12.3. The van der Waals surface area contributed by atoms with Crippen LogP contribution in [-0.2, 0) is 0 Å². The van der Waals surface area contributed by atoms with Gasteiger partial charge in [0.2, 0.25) is 0 Å². The van der Waals surface area contributed by atoms with Crippen LogP contribution in [-0.4, -0.2) is 37.0 Å². The average molecular weight is 276 g/mol. The van der Waals surface area contributed by atoms with E-state index in [2.05, 4.69) is 24.1 Å². The number of nitrogens with one attached hydrogen (secondary N) is 1. The van der Waals surface area contributed by atoms with Crippen LogP contribution in [0.3, 0.4) is 0 Å². The first-order valence-corrected chi connectivity index (χ1v) is 6.32. The van der Waals surface area contributed by atoms with Crippen molar-refractivity contribution >= 4 is 11.4 Å². The highest BCUT2D eigenvalue weighted by atomic mass is 16.6. The first-order valence-electron chi connectivity index (χ1n) is 6.32. The summed E-state index contributed by atoms with van der Waals surface area (Å²) in [4.78, 5) is 12.3. The van der Waals surface area contributed by atoms with Gasteiger partial charge >= 0.3 is 0 Å². The molecule has 1 N–H and O–H groups in total. The summed E-state index contributed by atoms with van der Waals surface area (Å²) < 4.78 is 0. The molecule has 20 heavy (non-hydrogen) atoms. The van der Waals surface area contributed by atoms with Crippen LogP contribution in [0.15, 0.2) is 18.2 Å². The molecule has 0 amide bonds. The van der Waals surface area contributed by atoms with Crippen molar-refractivity contribution in [1.82, 2.24) is 4.90 Å². The van der Waals surface area contributed by atoms with Crippen molar-refractivity contribution in [2.75, 3.05) is 32.5 Å². The summed E-state index contributed by atoms with van der Waals surface area (Å²) in [6.07, 6.45) is 0. The maximum atomic E-state index is 10.7. The zero-order valence-corrected chi connectivity index (χ0v) is 12.3. The number of hydrogen-bond acceptors (Lipinski definition) is 5. The van der Waals surface area contributed by atoms with Crippen molar-refractivity contribution in [2.45, 2.75) is 13.8 Å². The molecule has 6 nitrogen and oxygen atoms in total. The minimum absolute atomic E-state index is 0.0258. The molecule has 0 aliphatic rings. The highest BCUT2D eigenvalue weighted by Gasteiger charge is 2.19. The molecule has 1 aromatic rings. The predicted octanol–water partition coefficient (Wildman–Crippen LogP) is 2.47. The number of non-ortho nitro benzene ring substituents is 1. The number of nitro groups is 1. The molecule has 1 rings (SSSR count). The number of nitrogens with zero attached hydrogens (tertiary/aromatic N) is 3. The Hall–Kier alpha value is -2.13. The third kappa shape index (κ3) is 4.52. The van der Waals surface area contributed by atoms with Gasteiger partial charge in [0.25, 0.3) is 5.69 Å². The van der Waals surface area contributed by atoms with Crippen LogP contribution in [0.5, 0.6) is 0 Å². The van der Waals surface area contributed by atoms with Crippen LogP contribution >= 0.6 is 0 Å². The maximum absolute atomic E-state index is 10.7. The van der Waals surface area contributed by atoms with E-state index in [0.717, 1.165) is 6.54 Å². The van der Waals surface area contributed by atoms with Crippen molar-refractivity contribution in [3.05, 3.63) is 33.9 Å². The Morgan fingerprint density at radius 2 is 2.10 bits per heavy atom. The Morgan fingerprint density at radius 1 is 1.45 bits per heavy atom. The Balaban J connectivity index is 2.83. The van der Waals surface area contributed by atoms with E-state index >= 15 is 0 Å². The van der Waals surface area contributed by atoms with Crippen LogP contribution < -0.4 is 5.32 Å². The van der Waals surface area contributed by atoms with Gasteiger partial charge in [-0.3, -0.25) is 10.1 Å². The van der Waals surface area contributed by atoms with Gasteiger partial charge in [-0.05, 0) is 25.6 Å². The van der Waals surface area contributed by atoms with Crippen molar-refractivity contribution in [1.29, 1.82) is 5.26 Å². The fourth-order valence-electron chi connectivity index (χ4n) is 2.14. The summed E-state index contributed by atoms with van der Waals surface area (Å²) in [5.74, 6) is 0. The average Bonchev–Trinajstić information content (AvgIpc) is 2.34. The van der Waals surface area contributed by atoms with Gasteiger partial charge in [-0.1, -0.05) is 13.8 Å². The van der Waals surface area contributed by atoms with Gasteiger partial charge < -0.3 is 10.2 Å². The van der Waals surface area contributed by atoms with E-state index in [4.69, 9.17) is 5.26 Å². The molecule has 0 spiro atoms. The van der Waals surface area contributed by atoms with Gasteiger partial charge in [-0.15, -0.1) is 0 Å². The predicted molar refractivity (Wildman–Crippen MR) is 78.6 cm³/mol. The molecule has 0 saturated heterocycles. The largest absolute Gasteiger partial charge is 0.383 e. The van der Waals surface area contributed by atoms with Gasteiger partial charge in [-0.25, -0.2) is 0 Å². The van der Waals surface area contributed by atoms with Crippen LogP contribution in [0.25, 0.3) is 0 Å². The van der Waals surface area contributed by atoms with Crippen molar-refractivity contribution < 1.29 is 4.92 Å². The number of hydrogen-bond donors (Lipinski definition) is 1. The maximum Gasteiger partial charge on any atom is 0.270 e. The highest BCUT2D eigenvalue weighted by molar-refractivity contribution is 5.61. The lowest BCUT2D eigenvalue weighted by Gasteiger charge is -2.29. The second kappa shape index (κ2) is 6.35. The molecule has 0 bridgehead atoms. The second-order valence-corrected chi connectivity index (χ2v) is 5.85. The molecule has 0 unspecified atom stereocenters. The quantitative estimate of drug-likeness (QED) is 0.637. The van der Waals surface area contributed by atoms with Gasteiger partial charge in [-0.2, -0.15) is 5.26 Å². The van der Waals surface area contributed by atoms with E-state index in [1.807, 2.05) is 20.2 Å². The first kappa shape index (κ1) is 15.9. The van der Waals surface area contributed by atoms with E-state index < -0.39 is 4.92 Å². The minimum atomic E-state index is -0.499. The molecule has 0 fully saturated rings. The summed E-state index contributed by atoms with van der Waals surface area (Å²) in [5, 5.41) is 23.0.